The van der Waals surface area contributed by atoms with Gasteiger partial charge in [-0.2, -0.15) is 4.68 Å². The first-order valence-electron chi connectivity index (χ1n) is 8.29. The van der Waals surface area contributed by atoms with Gasteiger partial charge in [0.05, 0.1) is 6.04 Å². The Balaban J connectivity index is 1.78. The van der Waals surface area contributed by atoms with Crippen LogP contribution in [0.5, 0.6) is 0 Å². The molecule has 1 aromatic heterocycles. The van der Waals surface area contributed by atoms with Crippen LogP contribution in [0.4, 0.5) is 0 Å². The summed E-state index contributed by atoms with van der Waals surface area (Å²) in [5, 5.41) is 4.18. The minimum atomic E-state index is -0.580. The second-order valence-electron chi connectivity index (χ2n) is 7.24. The van der Waals surface area contributed by atoms with Gasteiger partial charge >= 0.3 is 5.76 Å². The number of benzene rings is 1. The Bertz CT molecular complexity index is 771. The summed E-state index contributed by atoms with van der Waals surface area (Å²) in [5.41, 5.74) is 0.763. The molecule has 24 heavy (non-hydrogen) atoms. The van der Waals surface area contributed by atoms with Crippen molar-refractivity contribution in [2.24, 2.45) is 0 Å². The van der Waals surface area contributed by atoms with E-state index in [4.69, 9.17) is 4.42 Å². The van der Waals surface area contributed by atoms with Gasteiger partial charge in [-0.1, -0.05) is 51.1 Å². The zero-order valence-electron chi connectivity index (χ0n) is 14.4. The van der Waals surface area contributed by atoms with E-state index in [0.717, 1.165) is 23.1 Å². The van der Waals surface area contributed by atoms with Gasteiger partial charge in [-0.15, -0.1) is 5.10 Å². The molecular weight excluding hydrogens is 306 g/mol. The predicted octanol–water partition coefficient (Wildman–Crippen LogP) is 2.50. The molecule has 1 aliphatic rings. The van der Waals surface area contributed by atoms with E-state index in [2.05, 4.69) is 5.10 Å². The van der Waals surface area contributed by atoms with Crippen molar-refractivity contribution in [1.82, 2.24) is 14.7 Å². The van der Waals surface area contributed by atoms with Crippen LogP contribution in [0.3, 0.4) is 0 Å². The average molecular weight is 329 g/mol. The quantitative estimate of drug-likeness (QED) is 0.867. The molecule has 0 spiro atoms. The molecule has 1 amide bonds. The molecule has 128 valence electrons. The number of likely N-dealkylation sites (tertiary alicyclic amines) is 1. The van der Waals surface area contributed by atoms with E-state index in [1.54, 1.807) is 0 Å². The normalized spacial score (nSPS) is 18.1. The molecule has 0 N–H and O–H groups in total. The van der Waals surface area contributed by atoms with Crippen molar-refractivity contribution < 1.29 is 9.21 Å². The summed E-state index contributed by atoms with van der Waals surface area (Å²) in [5.74, 6) is -0.331. The lowest BCUT2D eigenvalue weighted by atomic mass is 9.97. The van der Waals surface area contributed by atoms with Crippen LogP contribution in [0.25, 0.3) is 0 Å². The molecule has 1 saturated heterocycles. The zero-order valence-corrected chi connectivity index (χ0v) is 14.4. The Morgan fingerprint density at radius 2 is 2.00 bits per heavy atom. The molecule has 3 rings (SSSR count). The molecule has 6 nitrogen and oxygen atoms in total. The van der Waals surface area contributed by atoms with E-state index in [1.807, 2.05) is 56.0 Å². The van der Waals surface area contributed by atoms with E-state index in [9.17, 15) is 9.59 Å². The van der Waals surface area contributed by atoms with Crippen molar-refractivity contribution in [2.75, 3.05) is 6.54 Å². The van der Waals surface area contributed by atoms with Crippen LogP contribution in [0.1, 0.15) is 51.1 Å². The average Bonchev–Trinajstić information content (AvgIpc) is 3.15. The maximum absolute atomic E-state index is 12.7. The van der Waals surface area contributed by atoms with Crippen LogP contribution >= 0.6 is 0 Å². The summed E-state index contributed by atoms with van der Waals surface area (Å²) < 4.78 is 6.31. The molecule has 1 aliphatic heterocycles. The predicted molar refractivity (Wildman–Crippen MR) is 89.6 cm³/mol. The molecule has 1 fully saturated rings. The lowest BCUT2D eigenvalue weighted by molar-refractivity contribution is -0.133. The van der Waals surface area contributed by atoms with E-state index in [0.29, 0.717) is 12.4 Å². The van der Waals surface area contributed by atoms with Crippen LogP contribution in [-0.2, 0) is 16.8 Å². The summed E-state index contributed by atoms with van der Waals surface area (Å²) in [4.78, 5) is 26.5. The zero-order chi connectivity index (χ0) is 17.3. The van der Waals surface area contributed by atoms with Crippen molar-refractivity contribution in [3.05, 3.63) is 52.3 Å². The van der Waals surface area contributed by atoms with Gasteiger partial charge in [0.25, 0.3) is 0 Å². The van der Waals surface area contributed by atoms with Crippen LogP contribution in [-0.4, -0.2) is 27.1 Å². The van der Waals surface area contributed by atoms with Gasteiger partial charge in [-0.25, -0.2) is 4.79 Å². The summed E-state index contributed by atoms with van der Waals surface area (Å²) in [6, 6.07) is 10.1. The van der Waals surface area contributed by atoms with E-state index >= 15 is 0 Å². The molecule has 0 bridgehead atoms. The minimum absolute atomic E-state index is 0.0726. The summed E-state index contributed by atoms with van der Waals surface area (Å²) >= 11 is 0. The van der Waals surface area contributed by atoms with Gasteiger partial charge in [-0.3, -0.25) is 4.79 Å². The summed E-state index contributed by atoms with van der Waals surface area (Å²) in [7, 11) is 0. The third-order valence-corrected chi connectivity index (χ3v) is 4.29. The van der Waals surface area contributed by atoms with Crippen LogP contribution in [0.15, 0.2) is 39.5 Å². The van der Waals surface area contributed by atoms with Crippen LogP contribution < -0.4 is 5.76 Å². The van der Waals surface area contributed by atoms with Crippen molar-refractivity contribution in [3.63, 3.8) is 0 Å². The maximum Gasteiger partial charge on any atom is 0.437 e. The van der Waals surface area contributed by atoms with E-state index in [-0.39, 0.29) is 23.9 Å². The summed E-state index contributed by atoms with van der Waals surface area (Å²) in [6.07, 6.45) is 1.91. The van der Waals surface area contributed by atoms with Crippen molar-refractivity contribution in [2.45, 2.75) is 51.6 Å². The number of aromatic nitrogens is 2. The third kappa shape index (κ3) is 3.27. The number of hydrogen-bond acceptors (Lipinski definition) is 4. The van der Waals surface area contributed by atoms with Gasteiger partial charge in [0, 0.05) is 12.0 Å². The maximum atomic E-state index is 12.7. The third-order valence-electron chi connectivity index (χ3n) is 4.29. The SMILES string of the molecule is CC(C)(C)c1nn(CC(=O)N2CCCC2c2ccccc2)c(=O)o1. The fraction of sp³-hybridized carbons (Fsp3) is 0.500. The first-order valence-corrected chi connectivity index (χ1v) is 8.29. The van der Waals surface area contributed by atoms with Crippen LogP contribution in [0, 0.1) is 0 Å². The monoisotopic (exact) mass is 329 g/mol. The Morgan fingerprint density at radius 1 is 1.29 bits per heavy atom. The number of carbonyl (C=O) groups is 1. The molecule has 6 heteroatoms. The smallest absolute Gasteiger partial charge is 0.392 e. The topological polar surface area (TPSA) is 68.3 Å². The lowest BCUT2D eigenvalue weighted by Gasteiger charge is -2.24. The Hall–Kier alpha value is -2.37. The number of carbonyl (C=O) groups excluding carboxylic acids is 1. The molecule has 2 aromatic rings. The summed E-state index contributed by atoms with van der Waals surface area (Å²) in [6.45, 7) is 6.36. The number of nitrogens with zero attached hydrogens (tertiary/aromatic N) is 3. The Kier molecular flexibility index (Phi) is 4.30. The first-order chi connectivity index (χ1) is 11.4. The van der Waals surface area contributed by atoms with Crippen LogP contribution in [0.2, 0.25) is 0 Å². The molecule has 1 aromatic carbocycles. The molecule has 0 aliphatic carbocycles. The van der Waals surface area contributed by atoms with Gasteiger partial charge in [0.15, 0.2) is 0 Å². The second kappa shape index (κ2) is 6.26. The van der Waals surface area contributed by atoms with Gasteiger partial charge in [0.1, 0.15) is 6.54 Å². The molecule has 0 saturated carbocycles. The van der Waals surface area contributed by atoms with E-state index in [1.165, 1.54) is 0 Å². The molecule has 1 atom stereocenters. The van der Waals surface area contributed by atoms with E-state index < -0.39 is 5.76 Å². The highest BCUT2D eigenvalue weighted by Gasteiger charge is 2.31. The minimum Gasteiger partial charge on any atom is -0.392 e. The Labute approximate surface area is 141 Å². The van der Waals surface area contributed by atoms with Gasteiger partial charge < -0.3 is 9.32 Å². The van der Waals surface area contributed by atoms with Gasteiger partial charge in [-0.05, 0) is 18.4 Å². The molecule has 1 unspecified atom stereocenters. The molecule has 0 radical (unpaired) electrons. The highest BCUT2D eigenvalue weighted by atomic mass is 16.4. The first kappa shape index (κ1) is 16.5. The standard InChI is InChI=1S/C18H23N3O3/c1-18(2,3)16-19-21(17(23)24-16)12-15(22)20-11-7-10-14(20)13-8-5-4-6-9-13/h4-6,8-9,14H,7,10-12H2,1-3H3. The number of hydrogen-bond donors (Lipinski definition) is 0. The number of amides is 1. The highest BCUT2D eigenvalue weighted by molar-refractivity contribution is 5.76. The van der Waals surface area contributed by atoms with Crippen molar-refractivity contribution in [1.29, 1.82) is 0 Å². The van der Waals surface area contributed by atoms with Crippen molar-refractivity contribution >= 4 is 5.91 Å². The van der Waals surface area contributed by atoms with Crippen molar-refractivity contribution in [3.8, 4) is 0 Å². The Morgan fingerprint density at radius 3 is 2.62 bits per heavy atom. The van der Waals surface area contributed by atoms with Gasteiger partial charge in [0.2, 0.25) is 11.8 Å². The fourth-order valence-electron chi connectivity index (χ4n) is 3.02. The highest BCUT2D eigenvalue weighted by Crippen LogP contribution is 2.31. The lowest BCUT2D eigenvalue weighted by Crippen LogP contribution is -2.35. The number of rotatable bonds is 3. The fourth-order valence-corrected chi connectivity index (χ4v) is 3.02. The largest absolute Gasteiger partial charge is 0.437 e. The molecule has 2 heterocycles. The molecular formula is C18H23N3O3. The second-order valence-corrected chi connectivity index (χ2v) is 7.24.